The van der Waals surface area contributed by atoms with Gasteiger partial charge in [-0.1, -0.05) is 6.92 Å². The number of anilines is 1. The second kappa shape index (κ2) is 6.09. The van der Waals surface area contributed by atoms with Crippen molar-refractivity contribution in [2.45, 2.75) is 45.0 Å². The summed E-state index contributed by atoms with van der Waals surface area (Å²) in [6, 6.07) is 4.17. The van der Waals surface area contributed by atoms with Gasteiger partial charge in [0.2, 0.25) is 0 Å². The Kier molecular flexibility index (Phi) is 4.68. The summed E-state index contributed by atoms with van der Waals surface area (Å²) in [6.07, 6.45) is 0. The quantitative estimate of drug-likeness (QED) is 0.920. The van der Waals surface area contributed by atoms with Crippen molar-refractivity contribution in [3.63, 3.8) is 0 Å². The number of nitrogens with zero attached hydrogens (tertiary/aromatic N) is 3. The number of rotatable bonds is 3. The van der Waals surface area contributed by atoms with Crippen LogP contribution in [0.3, 0.4) is 0 Å². The third kappa shape index (κ3) is 4.66. The molecule has 0 radical (unpaired) electrons. The summed E-state index contributed by atoms with van der Waals surface area (Å²) in [5.74, 6) is 2.18. The van der Waals surface area contributed by atoms with Crippen LogP contribution in [0.15, 0.2) is 12.1 Å². The van der Waals surface area contributed by atoms with E-state index in [1.54, 1.807) is 0 Å². The van der Waals surface area contributed by atoms with Gasteiger partial charge in [-0.05, 0) is 32.9 Å². The minimum absolute atomic E-state index is 0.111. The van der Waals surface area contributed by atoms with Crippen molar-refractivity contribution in [3.8, 4) is 0 Å². The standard InChI is InChI=1S/C14H24N4S/c1-11-10-18(7-8-19-11)13-6-5-12(16-17-13)9-15-14(2,3)4/h5-6,11,15H,7-10H2,1-4H3. The van der Waals surface area contributed by atoms with Crippen molar-refractivity contribution < 1.29 is 0 Å². The van der Waals surface area contributed by atoms with Gasteiger partial charge in [0.1, 0.15) is 0 Å². The first-order chi connectivity index (χ1) is 8.94. The molecule has 1 aliphatic heterocycles. The van der Waals surface area contributed by atoms with Gasteiger partial charge in [0.15, 0.2) is 5.82 Å². The van der Waals surface area contributed by atoms with E-state index in [1.807, 2.05) is 11.8 Å². The van der Waals surface area contributed by atoms with Crippen molar-refractivity contribution in [3.05, 3.63) is 17.8 Å². The number of hydrogen-bond acceptors (Lipinski definition) is 5. The molecular formula is C14H24N4S. The van der Waals surface area contributed by atoms with Crippen LogP contribution < -0.4 is 10.2 Å². The zero-order valence-corrected chi connectivity index (χ0v) is 13.1. The Morgan fingerprint density at radius 3 is 2.74 bits per heavy atom. The molecule has 5 heteroatoms. The molecule has 19 heavy (non-hydrogen) atoms. The average Bonchev–Trinajstić information content (AvgIpc) is 2.36. The smallest absolute Gasteiger partial charge is 0.151 e. The summed E-state index contributed by atoms with van der Waals surface area (Å²) in [6.45, 7) is 11.6. The molecule has 1 N–H and O–H groups in total. The maximum atomic E-state index is 4.36. The van der Waals surface area contributed by atoms with Gasteiger partial charge >= 0.3 is 0 Å². The molecule has 1 atom stereocenters. The van der Waals surface area contributed by atoms with E-state index in [9.17, 15) is 0 Å². The lowest BCUT2D eigenvalue weighted by Crippen LogP contribution is -2.37. The van der Waals surface area contributed by atoms with E-state index < -0.39 is 0 Å². The monoisotopic (exact) mass is 280 g/mol. The summed E-state index contributed by atoms with van der Waals surface area (Å²) in [5, 5.41) is 12.8. The topological polar surface area (TPSA) is 41.0 Å². The molecule has 4 nitrogen and oxygen atoms in total. The van der Waals surface area contributed by atoms with Gasteiger partial charge in [-0.2, -0.15) is 16.9 Å². The first-order valence-corrected chi connectivity index (χ1v) is 7.93. The summed E-state index contributed by atoms with van der Waals surface area (Å²) in [7, 11) is 0. The summed E-state index contributed by atoms with van der Waals surface area (Å²) >= 11 is 2.03. The molecule has 106 valence electrons. The molecule has 0 spiro atoms. The highest BCUT2D eigenvalue weighted by Crippen LogP contribution is 2.21. The van der Waals surface area contributed by atoms with E-state index in [0.717, 1.165) is 31.1 Å². The highest BCUT2D eigenvalue weighted by molar-refractivity contribution is 8.00. The maximum absolute atomic E-state index is 4.36. The Labute approximate surface area is 120 Å². The molecule has 1 saturated heterocycles. The molecule has 0 bridgehead atoms. The number of thioether (sulfide) groups is 1. The van der Waals surface area contributed by atoms with E-state index in [0.29, 0.717) is 5.25 Å². The molecule has 1 fully saturated rings. The van der Waals surface area contributed by atoms with Crippen LogP contribution in [0.1, 0.15) is 33.4 Å². The Bertz CT molecular complexity index is 399. The van der Waals surface area contributed by atoms with Crippen molar-refractivity contribution in [2.75, 3.05) is 23.7 Å². The molecule has 1 aliphatic rings. The molecular weight excluding hydrogens is 256 g/mol. The van der Waals surface area contributed by atoms with Gasteiger partial charge in [-0.3, -0.25) is 0 Å². The van der Waals surface area contributed by atoms with Gasteiger partial charge in [-0.25, -0.2) is 0 Å². The lowest BCUT2D eigenvalue weighted by Gasteiger charge is -2.31. The van der Waals surface area contributed by atoms with Gasteiger partial charge in [0, 0.05) is 36.2 Å². The second-order valence-electron chi connectivity index (χ2n) is 6.11. The molecule has 2 rings (SSSR count). The van der Waals surface area contributed by atoms with Crippen LogP contribution in [0.25, 0.3) is 0 Å². The SMILES string of the molecule is CC1CN(c2ccc(CNC(C)(C)C)nn2)CCS1. The highest BCUT2D eigenvalue weighted by Gasteiger charge is 2.18. The number of nitrogens with one attached hydrogen (secondary N) is 1. The fourth-order valence-corrected chi connectivity index (χ4v) is 3.01. The lowest BCUT2D eigenvalue weighted by atomic mass is 10.1. The highest BCUT2D eigenvalue weighted by atomic mass is 32.2. The predicted octanol–water partition coefficient (Wildman–Crippen LogP) is 2.31. The predicted molar refractivity (Wildman–Crippen MR) is 82.8 cm³/mol. The van der Waals surface area contributed by atoms with E-state index in [-0.39, 0.29) is 5.54 Å². The van der Waals surface area contributed by atoms with Crippen LogP contribution in [0.4, 0.5) is 5.82 Å². The average molecular weight is 280 g/mol. The van der Waals surface area contributed by atoms with Crippen LogP contribution >= 0.6 is 11.8 Å². The Morgan fingerprint density at radius 1 is 1.37 bits per heavy atom. The van der Waals surface area contributed by atoms with E-state index in [4.69, 9.17) is 0 Å². The number of aromatic nitrogens is 2. The van der Waals surface area contributed by atoms with E-state index in [2.05, 4.69) is 60.2 Å². The molecule has 0 aromatic carbocycles. The van der Waals surface area contributed by atoms with Gasteiger partial charge in [0.05, 0.1) is 5.69 Å². The van der Waals surface area contributed by atoms with Crippen molar-refractivity contribution in [2.24, 2.45) is 0 Å². The molecule has 0 saturated carbocycles. The first kappa shape index (κ1) is 14.6. The molecule has 2 heterocycles. The van der Waals surface area contributed by atoms with Crippen LogP contribution in [0, 0.1) is 0 Å². The van der Waals surface area contributed by atoms with Gasteiger partial charge in [-0.15, -0.1) is 5.10 Å². The fraction of sp³-hybridized carbons (Fsp3) is 0.714. The Balaban J connectivity index is 1.94. The zero-order valence-electron chi connectivity index (χ0n) is 12.3. The van der Waals surface area contributed by atoms with Crippen molar-refractivity contribution in [1.82, 2.24) is 15.5 Å². The normalized spacial score (nSPS) is 20.6. The van der Waals surface area contributed by atoms with Crippen LogP contribution in [0.5, 0.6) is 0 Å². The fourth-order valence-electron chi connectivity index (χ4n) is 2.00. The summed E-state index contributed by atoms with van der Waals surface area (Å²) in [4.78, 5) is 2.33. The second-order valence-corrected chi connectivity index (χ2v) is 7.66. The molecule has 0 amide bonds. The minimum atomic E-state index is 0.111. The number of hydrogen-bond donors (Lipinski definition) is 1. The Hall–Kier alpha value is -0.810. The molecule has 1 aromatic heterocycles. The first-order valence-electron chi connectivity index (χ1n) is 6.88. The van der Waals surface area contributed by atoms with Crippen molar-refractivity contribution >= 4 is 17.6 Å². The summed E-state index contributed by atoms with van der Waals surface area (Å²) < 4.78 is 0. The molecule has 0 aliphatic carbocycles. The van der Waals surface area contributed by atoms with Crippen molar-refractivity contribution in [1.29, 1.82) is 0 Å². The third-order valence-corrected chi connectivity index (χ3v) is 4.21. The maximum Gasteiger partial charge on any atom is 0.151 e. The summed E-state index contributed by atoms with van der Waals surface area (Å²) in [5.41, 5.74) is 1.11. The minimum Gasteiger partial charge on any atom is -0.353 e. The molecule has 1 aromatic rings. The largest absolute Gasteiger partial charge is 0.353 e. The van der Waals surface area contributed by atoms with Gasteiger partial charge in [0.25, 0.3) is 0 Å². The zero-order chi connectivity index (χ0) is 13.9. The molecule has 1 unspecified atom stereocenters. The lowest BCUT2D eigenvalue weighted by molar-refractivity contribution is 0.420. The van der Waals surface area contributed by atoms with Crippen LogP contribution in [0.2, 0.25) is 0 Å². The van der Waals surface area contributed by atoms with E-state index in [1.165, 1.54) is 5.75 Å². The van der Waals surface area contributed by atoms with Crippen LogP contribution in [-0.2, 0) is 6.54 Å². The Morgan fingerprint density at radius 2 is 2.16 bits per heavy atom. The van der Waals surface area contributed by atoms with Gasteiger partial charge < -0.3 is 10.2 Å². The third-order valence-electron chi connectivity index (χ3n) is 3.07. The van der Waals surface area contributed by atoms with Crippen LogP contribution in [-0.4, -0.2) is 39.8 Å². The van der Waals surface area contributed by atoms with E-state index >= 15 is 0 Å².